The molecule has 0 bridgehead atoms. The van der Waals surface area contributed by atoms with Crippen LogP contribution in [-0.4, -0.2) is 37.2 Å². The molecule has 1 unspecified atom stereocenters. The highest BCUT2D eigenvalue weighted by Crippen LogP contribution is 2.18. The van der Waals surface area contributed by atoms with Crippen LogP contribution in [0.25, 0.3) is 0 Å². The first-order chi connectivity index (χ1) is 37.5. The van der Waals surface area contributed by atoms with Gasteiger partial charge in [-0.15, -0.1) is 0 Å². The van der Waals surface area contributed by atoms with E-state index in [9.17, 15) is 14.4 Å². The molecule has 76 heavy (non-hydrogen) atoms. The van der Waals surface area contributed by atoms with Crippen LogP contribution in [0.4, 0.5) is 0 Å². The maximum atomic E-state index is 12.9. The third-order valence-electron chi connectivity index (χ3n) is 15.3. The molecule has 1 atom stereocenters. The molecule has 6 nitrogen and oxygen atoms in total. The minimum absolute atomic E-state index is 0.0717. The summed E-state index contributed by atoms with van der Waals surface area (Å²) in [6, 6.07) is 0. The Morgan fingerprint density at radius 3 is 0.711 bits per heavy atom. The fourth-order valence-electron chi connectivity index (χ4n) is 10.2. The molecule has 0 fully saturated rings. The van der Waals surface area contributed by atoms with E-state index in [1.165, 1.54) is 263 Å². The fourth-order valence-corrected chi connectivity index (χ4v) is 10.2. The third-order valence-corrected chi connectivity index (χ3v) is 15.3. The van der Waals surface area contributed by atoms with Gasteiger partial charge in [0.1, 0.15) is 13.2 Å². The molecule has 0 aliphatic rings. The Morgan fingerprint density at radius 2 is 0.461 bits per heavy atom. The Bertz CT molecular complexity index is 1270. The molecule has 0 rings (SSSR count). The van der Waals surface area contributed by atoms with Crippen molar-refractivity contribution >= 4 is 17.9 Å². The standard InChI is InChI=1S/C70H130O6/c1-4-7-10-13-16-19-22-24-26-28-30-31-32-33-34-35-36-37-38-39-41-42-44-46-48-51-54-57-60-63-69(72)75-66-67(65-74-68(71)62-59-56-53-50-21-18-15-12-9-6-3)76-70(73)64-61-58-55-52-49-47-45-43-40-29-27-25-23-20-17-14-11-8-5-2/h12,15,25,27-28,30,67H,4-11,13-14,16-24,26,29,31-66H2,1-3H3/b15-12-,27-25-,30-28-. The molecule has 0 heterocycles. The second kappa shape index (κ2) is 65.2. The Morgan fingerprint density at radius 1 is 0.250 bits per heavy atom. The molecular formula is C70H130O6. The van der Waals surface area contributed by atoms with E-state index in [4.69, 9.17) is 14.2 Å². The Kier molecular flexibility index (Phi) is 63.1. The van der Waals surface area contributed by atoms with Crippen LogP contribution >= 0.6 is 0 Å². The summed E-state index contributed by atoms with van der Waals surface area (Å²) < 4.78 is 16.9. The number of carbonyl (C=O) groups is 3. The van der Waals surface area contributed by atoms with Gasteiger partial charge in [-0.2, -0.15) is 0 Å². The summed E-state index contributed by atoms with van der Waals surface area (Å²) in [5, 5.41) is 0. The number of rotatable bonds is 63. The van der Waals surface area contributed by atoms with Gasteiger partial charge in [0.25, 0.3) is 0 Å². The number of unbranched alkanes of at least 4 members (excludes halogenated alkanes) is 46. The topological polar surface area (TPSA) is 78.9 Å². The van der Waals surface area contributed by atoms with Gasteiger partial charge in [0.05, 0.1) is 0 Å². The van der Waals surface area contributed by atoms with Crippen LogP contribution in [-0.2, 0) is 28.6 Å². The predicted octanol–water partition coefficient (Wildman–Crippen LogP) is 23.2. The van der Waals surface area contributed by atoms with E-state index in [0.29, 0.717) is 19.3 Å². The van der Waals surface area contributed by atoms with Gasteiger partial charge in [-0.25, -0.2) is 0 Å². The van der Waals surface area contributed by atoms with Gasteiger partial charge in [-0.05, 0) is 89.9 Å². The molecule has 0 aliphatic heterocycles. The molecule has 6 heteroatoms. The summed E-state index contributed by atoms with van der Waals surface area (Å²) in [6.45, 7) is 6.62. The molecule has 0 saturated heterocycles. The highest BCUT2D eigenvalue weighted by atomic mass is 16.6. The summed E-state index contributed by atoms with van der Waals surface area (Å²) >= 11 is 0. The Labute approximate surface area is 474 Å². The summed E-state index contributed by atoms with van der Waals surface area (Å²) in [4.78, 5) is 38.2. The van der Waals surface area contributed by atoms with E-state index in [1.807, 2.05) is 0 Å². The summed E-state index contributed by atoms with van der Waals surface area (Å²) in [5.74, 6) is -0.862. The van der Waals surface area contributed by atoms with Crippen molar-refractivity contribution in [3.63, 3.8) is 0 Å². The molecule has 446 valence electrons. The fraction of sp³-hybridized carbons (Fsp3) is 0.871. The molecule has 0 aromatic rings. The smallest absolute Gasteiger partial charge is 0.306 e. The number of hydrogen-bond donors (Lipinski definition) is 0. The maximum Gasteiger partial charge on any atom is 0.306 e. The van der Waals surface area contributed by atoms with Crippen molar-refractivity contribution in [2.45, 2.75) is 380 Å². The maximum absolute atomic E-state index is 12.9. The number of allylic oxidation sites excluding steroid dienone is 6. The Hall–Kier alpha value is -2.37. The van der Waals surface area contributed by atoms with Crippen LogP contribution in [0, 0.1) is 0 Å². The molecular weight excluding hydrogens is 937 g/mol. The van der Waals surface area contributed by atoms with Crippen molar-refractivity contribution in [2.75, 3.05) is 13.2 Å². The molecule has 0 aromatic carbocycles. The van der Waals surface area contributed by atoms with Crippen LogP contribution in [0.3, 0.4) is 0 Å². The van der Waals surface area contributed by atoms with Gasteiger partial charge in [0.15, 0.2) is 6.10 Å². The van der Waals surface area contributed by atoms with Gasteiger partial charge in [0, 0.05) is 19.3 Å². The lowest BCUT2D eigenvalue weighted by Gasteiger charge is -2.18. The zero-order chi connectivity index (χ0) is 55.0. The number of esters is 3. The van der Waals surface area contributed by atoms with Crippen molar-refractivity contribution in [3.05, 3.63) is 36.5 Å². The molecule has 0 amide bonds. The van der Waals surface area contributed by atoms with Gasteiger partial charge < -0.3 is 14.2 Å². The summed E-state index contributed by atoms with van der Waals surface area (Å²) in [7, 11) is 0. The van der Waals surface area contributed by atoms with Gasteiger partial charge in [-0.3, -0.25) is 14.4 Å². The normalized spacial score (nSPS) is 12.2. The van der Waals surface area contributed by atoms with E-state index < -0.39 is 6.10 Å². The first kappa shape index (κ1) is 73.6. The van der Waals surface area contributed by atoms with Crippen LogP contribution in [0.5, 0.6) is 0 Å². The number of hydrogen-bond acceptors (Lipinski definition) is 6. The van der Waals surface area contributed by atoms with Crippen LogP contribution in [0.15, 0.2) is 36.5 Å². The van der Waals surface area contributed by atoms with Crippen LogP contribution in [0.1, 0.15) is 374 Å². The van der Waals surface area contributed by atoms with E-state index >= 15 is 0 Å². The second-order valence-corrected chi connectivity index (χ2v) is 23.1. The first-order valence-electron chi connectivity index (χ1n) is 34.0. The first-order valence-corrected chi connectivity index (χ1v) is 34.0. The van der Waals surface area contributed by atoms with Crippen molar-refractivity contribution in [1.82, 2.24) is 0 Å². The van der Waals surface area contributed by atoms with E-state index in [1.54, 1.807) is 0 Å². The zero-order valence-electron chi connectivity index (χ0n) is 51.3. The zero-order valence-corrected chi connectivity index (χ0v) is 51.3. The molecule has 0 aromatic heterocycles. The highest BCUT2D eigenvalue weighted by Gasteiger charge is 2.19. The van der Waals surface area contributed by atoms with E-state index in [0.717, 1.165) is 70.6 Å². The lowest BCUT2D eigenvalue weighted by Crippen LogP contribution is -2.30. The molecule has 0 aliphatic carbocycles. The van der Waals surface area contributed by atoms with Crippen molar-refractivity contribution in [2.24, 2.45) is 0 Å². The van der Waals surface area contributed by atoms with E-state index in [-0.39, 0.29) is 31.1 Å². The molecule has 0 radical (unpaired) electrons. The largest absolute Gasteiger partial charge is 0.462 e. The van der Waals surface area contributed by atoms with Gasteiger partial charge in [0.2, 0.25) is 0 Å². The molecule has 0 saturated carbocycles. The predicted molar refractivity (Wildman–Crippen MR) is 330 cm³/mol. The molecule has 0 spiro atoms. The van der Waals surface area contributed by atoms with Crippen molar-refractivity contribution < 1.29 is 28.6 Å². The van der Waals surface area contributed by atoms with Crippen molar-refractivity contribution in [1.29, 1.82) is 0 Å². The average Bonchev–Trinajstić information content (AvgIpc) is 3.42. The van der Waals surface area contributed by atoms with Crippen LogP contribution in [0.2, 0.25) is 0 Å². The average molecular weight is 1070 g/mol. The SMILES string of the molecule is CCC/C=C\CCCCCCCC(=O)OCC(COC(=O)CCCCCCCCCCCCCCCCCCC/C=C\CCCCCCCCCC)OC(=O)CCCCCCCCCCC/C=C\CCCCCCCC. The summed E-state index contributed by atoms with van der Waals surface area (Å²) in [5.41, 5.74) is 0. The van der Waals surface area contributed by atoms with Crippen molar-refractivity contribution in [3.8, 4) is 0 Å². The number of ether oxygens (including phenoxy) is 3. The highest BCUT2D eigenvalue weighted by molar-refractivity contribution is 5.71. The van der Waals surface area contributed by atoms with E-state index in [2.05, 4.69) is 57.2 Å². The Balaban J connectivity index is 4.12. The lowest BCUT2D eigenvalue weighted by atomic mass is 10.0. The monoisotopic (exact) mass is 1070 g/mol. The van der Waals surface area contributed by atoms with Gasteiger partial charge in [-0.1, -0.05) is 301 Å². The lowest BCUT2D eigenvalue weighted by molar-refractivity contribution is -0.167. The van der Waals surface area contributed by atoms with Crippen LogP contribution < -0.4 is 0 Å². The third kappa shape index (κ3) is 62.5. The minimum Gasteiger partial charge on any atom is -0.462 e. The second-order valence-electron chi connectivity index (χ2n) is 23.1. The quantitative estimate of drug-likeness (QED) is 0.0261. The molecule has 0 N–H and O–H groups in total. The summed E-state index contributed by atoms with van der Waals surface area (Å²) in [6.07, 6.45) is 80.4. The number of carbonyl (C=O) groups excluding carboxylic acids is 3. The minimum atomic E-state index is -0.774. The van der Waals surface area contributed by atoms with Gasteiger partial charge >= 0.3 is 17.9 Å².